The van der Waals surface area contributed by atoms with Gasteiger partial charge in [-0.25, -0.2) is 5.11 Å². The van der Waals surface area contributed by atoms with Crippen LogP contribution in [0.2, 0.25) is 0 Å². The molecular weight excluding hydrogens is 106 g/mol. The van der Waals surface area contributed by atoms with Crippen molar-refractivity contribution in [2.45, 2.75) is 12.8 Å². The van der Waals surface area contributed by atoms with Crippen LogP contribution in [-0.2, 0) is 9.90 Å². The topological polar surface area (TPSA) is 63.0 Å². The minimum absolute atomic E-state index is 0.135. The second-order valence-electron chi connectivity index (χ2n) is 1.45. The molecule has 3 nitrogen and oxygen atoms in total. The molecule has 3 heteroatoms. The fraction of sp³-hybridized carbons (Fsp3) is 0.600. The normalized spacial score (nSPS) is 9.12. The first-order chi connectivity index (χ1) is 3.77. The van der Waals surface area contributed by atoms with E-state index in [1.165, 1.54) is 6.42 Å². The average Bonchev–Trinajstić information content (AvgIpc) is 1.66. The molecule has 0 unspecified atom stereocenters. The summed E-state index contributed by atoms with van der Waals surface area (Å²) in [6, 6.07) is 0. The number of carbonyl (C=O) groups excluding carboxylic acids is 1. The van der Waals surface area contributed by atoms with Crippen LogP contribution in [0.25, 0.3) is 0 Å². The van der Waals surface area contributed by atoms with Gasteiger partial charge in [0.15, 0.2) is 0 Å². The maximum Gasteiger partial charge on any atom is 0.221 e. The van der Waals surface area contributed by atoms with Crippen molar-refractivity contribution < 1.29 is 9.90 Å². The molecule has 2 N–H and O–H groups in total. The zero-order chi connectivity index (χ0) is 6.41. The first-order valence-electron chi connectivity index (χ1n) is 2.48. The van der Waals surface area contributed by atoms with E-state index in [-0.39, 0.29) is 6.61 Å². The standard InChI is InChI=1S/C5H9NO2/c6-5(8)3-1-2-4-7/h3H,1-2,4H2,(H2,6,8). The van der Waals surface area contributed by atoms with Crippen molar-refractivity contribution in [2.75, 3.05) is 6.61 Å². The van der Waals surface area contributed by atoms with Crippen LogP contribution in [0, 0.1) is 6.42 Å². The fourth-order valence-electron chi connectivity index (χ4n) is 0.328. The Hall–Kier alpha value is -0.570. The van der Waals surface area contributed by atoms with Crippen LogP contribution < -0.4 is 5.73 Å². The second kappa shape index (κ2) is 4.59. The summed E-state index contributed by atoms with van der Waals surface area (Å²) in [5, 5.41) is 9.74. The lowest BCUT2D eigenvalue weighted by molar-refractivity contribution is -0.115. The molecule has 0 aliphatic heterocycles. The van der Waals surface area contributed by atoms with E-state index in [1.54, 1.807) is 0 Å². The van der Waals surface area contributed by atoms with E-state index in [1.807, 2.05) is 0 Å². The molecule has 0 atom stereocenters. The van der Waals surface area contributed by atoms with Crippen molar-refractivity contribution in [1.82, 2.24) is 0 Å². The number of rotatable bonds is 4. The minimum atomic E-state index is -0.446. The Morgan fingerprint density at radius 3 is 2.62 bits per heavy atom. The molecule has 0 aromatic heterocycles. The van der Waals surface area contributed by atoms with E-state index in [0.29, 0.717) is 12.8 Å². The summed E-state index contributed by atoms with van der Waals surface area (Å²) in [5.41, 5.74) is 4.74. The molecule has 0 aromatic carbocycles. The van der Waals surface area contributed by atoms with Gasteiger partial charge in [0.1, 0.15) is 0 Å². The molecule has 2 radical (unpaired) electrons. The van der Waals surface area contributed by atoms with Gasteiger partial charge < -0.3 is 5.73 Å². The van der Waals surface area contributed by atoms with Gasteiger partial charge in [-0.2, -0.15) is 0 Å². The van der Waals surface area contributed by atoms with Gasteiger partial charge >= 0.3 is 0 Å². The van der Waals surface area contributed by atoms with Crippen molar-refractivity contribution in [2.24, 2.45) is 5.73 Å². The predicted molar refractivity (Wildman–Crippen MR) is 28.3 cm³/mol. The molecule has 0 fully saturated rings. The first kappa shape index (κ1) is 7.43. The molecule has 46 valence electrons. The molecule has 0 rings (SSSR count). The maximum atomic E-state index is 9.94. The van der Waals surface area contributed by atoms with Crippen LogP contribution in [0.3, 0.4) is 0 Å². The van der Waals surface area contributed by atoms with Gasteiger partial charge in [-0.05, 0) is 12.8 Å². The summed E-state index contributed by atoms with van der Waals surface area (Å²) in [7, 11) is 0. The lowest BCUT2D eigenvalue weighted by atomic mass is 10.2. The largest absolute Gasteiger partial charge is 0.369 e. The Balaban J connectivity index is 2.82. The minimum Gasteiger partial charge on any atom is -0.369 e. The van der Waals surface area contributed by atoms with Crippen LogP contribution in [0.5, 0.6) is 0 Å². The van der Waals surface area contributed by atoms with Crippen LogP contribution in [0.15, 0.2) is 0 Å². The molecule has 0 saturated carbocycles. The van der Waals surface area contributed by atoms with Crippen molar-refractivity contribution in [1.29, 1.82) is 0 Å². The Morgan fingerprint density at radius 2 is 2.25 bits per heavy atom. The number of nitrogens with two attached hydrogens (primary N) is 1. The SMILES string of the molecule is NC(=O)[CH]CCC[O]. The molecule has 0 aliphatic rings. The van der Waals surface area contributed by atoms with Gasteiger partial charge in [-0.1, -0.05) is 0 Å². The van der Waals surface area contributed by atoms with E-state index in [2.05, 4.69) is 0 Å². The van der Waals surface area contributed by atoms with Crippen molar-refractivity contribution in [3.63, 3.8) is 0 Å². The third-order valence-electron chi connectivity index (χ3n) is 0.694. The summed E-state index contributed by atoms with van der Waals surface area (Å²) < 4.78 is 0. The zero-order valence-corrected chi connectivity index (χ0v) is 4.59. The molecule has 0 aliphatic carbocycles. The van der Waals surface area contributed by atoms with E-state index in [0.717, 1.165) is 0 Å². The van der Waals surface area contributed by atoms with Gasteiger partial charge in [-0.15, -0.1) is 0 Å². The van der Waals surface area contributed by atoms with Crippen LogP contribution in [0.4, 0.5) is 0 Å². The highest BCUT2D eigenvalue weighted by molar-refractivity contribution is 5.82. The second-order valence-corrected chi connectivity index (χ2v) is 1.45. The van der Waals surface area contributed by atoms with Gasteiger partial charge in [0.05, 0.1) is 6.61 Å². The van der Waals surface area contributed by atoms with Crippen molar-refractivity contribution >= 4 is 5.91 Å². The summed E-state index contributed by atoms with van der Waals surface area (Å²) in [6.07, 6.45) is 2.33. The molecule has 0 spiro atoms. The summed E-state index contributed by atoms with van der Waals surface area (Å²) in [6.45, 7) is -0.135. The Morgan fingerprint density at radius 1 is 1.62 bits per heavy atom. The molecule has 1 amide bonds. The molecule has 0 bridgehead atoms. The van der Waals surface area contributed by atoms with Gasteiger partial charge in [0, 0.05) is 6.42 Å². The monoisotopic (exact) mass is 115 g/mol. The van der Waals surface area contributed by atoms with E-state index < -0.39 is 5.91 Å². The third kappa shape index (κ3) is 5.43. The Kier molecular flexibility index (Phi) is 4.26. The fourth-order valence-corrected chi connectivity index (χ4v) is 0.328. The lowest BCUT2D eigenvalue weighted by Crippen LogP contribution is -2.10. The van der Waals surface area contributed by atoms with Crippen LogP contribution in [-0.4, -0.2) is 12.5 Å². The van der Waals surface area contributed by atoms with Gasteiger partial charge in [0.2, 0.25) is 5.91 Å². The number of primary amides is 1. The summed E-state index contributed by atoms with van der Waals surface area (Å²) in [4.78, 5) is 9.94. The number of amides is 1. The Labute approximate surface area is 48.5 Å². The molecule has 0 saturated heterocycles. The summed E-state index contributed by atoms with van der Waals surface area (Å²) in [5.74, 6) is -0.446. The highest BCUT2D eigenvalue weighted by atomic mass is 16.2. The third-order valence-corrected chi connectivity index (χ3v) is 0.694. The number of hydrogen-bond acceptors (Lipinski definition) is 1. The highest BCUT2D eigenvalue weighted by Crippen LogP contribution is 1.89. The van der Waals surface area contributed by atoms with E-state index in [4.69, 9.17) is 5.73 Å². The van der Waals surface area contributed by atoms with Crippen molar-refractivity contribution in [3.8, 4) is 0 Å². The van der Waals surface area contributed by atoms with Gasteiger partial charge in [0.25, 0.3) is 0 Å². The highest BCUT2D eigenvalue weighted by Gasteiger charge is 1.92. The smallest absolute Gasteiger partial charge is 0.221 e. The van der Waals surface area contributed by atoms with Crippen LogP contribution >= 0.6 is 0 Å². The Bertz CT molecular complexity index is 72.8. The number of carbonyl (C=O) groups is 1. The van der Waals surface area contributed by atoms with Crippen LogP contribution in [0.1, 0.15) is 12.8 Å². The molecule has 8 heavy (non-hydrogen) atoms. The first-order valence-corrected chi connectivity index (χ1v) is 2.48. The maximum absolute atomic E-state index is 9.94. The van der Waals surface area contributed by atoms with E-state index in [9.17, 15) is 9.90 Å². The number of hydrogen-bond donors (Lipinski definition) is 1. The molecular formula is C5H9NO2. The predicted octanol–water partition coefficient (Wildman–Crippen LogP) is -0.113. The summed E-state index contributed by atoms with van der Waals surface area (Å²) >= 11 is 0. The average molecular weight is 115 g/mol. The zero-order valence-electron chi connectivity index (χ0n) is 4.59. The van der Waals surface area contributed by atoms with E-state index >= 15 is 0 Å². The molecule has 0 heterocycles. The number of unbranched alkanes of at least 4 members (excludes halogenated alkanes) is 1. The lowest BCUT2D eigenvalue weighted by Gasteiger charge is -1.88. The van der Waals surface area contributed by atoms with Gasteiger partial charge in [-0.3, -0.25) is 4.79 Å². The van der Waals surface area contributed by atoms with Crippen molar-refractivity contribution in [3.05, 3.63) is 6.42 Å². The molecule has 0 aromatic rings. The quantitative estimate of drug-likeness (QED) is 0.510.